The van der Waals surface area contributed by atoms with Crippen LogP contribution in [-0.2, 0) is 10.0 Å². The summed E-state index contributed by atoms with van der Waals surface area (Å²) in [7, 11) is -3.57. The molecule has 0 saturated carbocycles. The van der Waals surface area contributed by atoms with Crippen molar-refractivity contribution in [2.45, 2.75) is 4.21 Å². The van der Waals surface area contributed by atoms with Gasteiger partial charge in [0.15, 0.2) is 5.82 Å². The van der Waals surface area contributed by atoms with Crippen molar-refractivity contribution in [2.75, 3.05) is 4.72 Å². The number of thiophene rings is 1. The molecular weight excluding hydrogens is 368 g/mol. The Bertz CT molecular complexity index is 838. The highest BCUT2D eigenvalue weighted by molar-refractivity contribution is 9.11. The van der Waals surface area contributed by atoms with Gasteiger partial charge in [0.25, 0.3) is 10.0 Å². The van der Waals surface area contributed by atoms with E-state index >= 15 is 0 Å². The standard InChI is InChI=1S/C11H7BrN2O2S3/c12-9-5-6-10(17-9)19(15,16)14-11-7-3-1-2-4-8(7)18-13-11/h1-6H,(H,13,14). The average Bonchev–Trinajstić information content (AvgIpc) is 2.97. The molecule has 0 unspecified atom stereocenters. The third kappa shape index (κ3) is 2.53. The van der Waals surface area contributed by atoms with E-state index in [0.29, 0.717) is 5.82 Å². The number of rotatable bonds is 3. The Morgan fingerprint density at radius 2 is 1.95 bits per heavy atom. The van der Waals surface area contributed by atoms with Crippen molar-refractivity contribution in [1.29, 1.82) is 0 Å². The molecule has 0 radical (unpaired) electrons. The first-order valence-electron chi connectivity index (χ1n) is 5.19. The molecule has 1 aromatic carbocycles. The number of hydrogen-bond donors (Lipinski definition) is 1. The number of benzene rings is 1. The van der Waals surface area contributed by atoms with Gasteiger partial charge in [-0.2, -0.15) is 4.37 Å². The van der Waals surface area contributed by atoms with Crippen molar-refractivity contribution in [3.05, 3.63) is 40.2 Å². The fraction of sp³-hybridized carbons (Fsp3) is 0. The van der Waals surface area contributed by atoms with E-state index in [1.54, 1.807) is 12.1 Å². The summed E-state index contributed by atoms with van der Waals surface area (Å²) in [6.07, 6.45) is 0. The molecule has 0 spiro atoms. The van der Waals surface area contributed by atoms with Crippen molar-refractivity contribution in [3.8, 4) is 0 Å². The Balaban J connectivity index is 2.01. The average molecular weight is 375 g/mol. The molecule has 0 atom stereocenters. The van der Waals surface area contributed by atoms with Crippen molar-refractivity contribution < 1.29 is 8.42 Å². The Labute approximate surface area is 126 Å². The Hall–Kier alpha value is -0.960. The Morgan fingerprint density at radius 1 is 1.16 bits per heavy atom. The van der Waals surface area contributed by atoms with Crippen LogP contribution in [0.15, 0.2) is 44.4 Å². The summed E-state index contributed by atoms with van der Waals surface area (Å²) >= 11 is 5.69. The van der Waals surface area contributed by atoms with Crippen LogP contribution < -0.4 is 4.72 Å². The minimum atomic E-state index is -3.57. The maximum atomic E-state index is 12.2. The van der Waals surface area contributed by atoms with Gasteiger partial charge in [0, 0.05) is 5.39 Å². The van der Waals surface area contributed by atoms with Gasteiger partial charge in [-0.1, -0.05) is 12.1 Å². The first-order valence-corrected chi connectivity index (χ1v) is 9.05. The minimum absolute atomic E-state index is 0.261. The summed E-state index contributed by atoms with van der Waals surface area (Å²) in [5.74, 6) is 0.380. The van der Waals surface area contributed by atoms with E-state index < -0.39 is 10.0 Å². The lowest BCUT2D eigenvalue weighted by atomic mass is 10.3. The van der Waals surface area contributed by atoms with Crippen LogP contribution >= 0.6 is 38.8 Å². The fourth-order valence-corrected chi connectivity index (χ4v) is 5.41. The Kier molecular flexibility index (Phi) is 3.34. The quantitative estimate of drug-likeness (QED) is 0.755. The van der Waals surface area contributed by atoms with Gasteiger partial charge in [-0.25, -0.2) is 8.42 Å². The van der Waals surface area contributed by atoms with Gasteiger partial charge in [-0.15, -0.1) is 11.3 Å². The third-order valence-corrected chi connectivity index (χ3v) is 6.70. The highest BCUT2D eigenvalue weighted by Gasteiger charge is 2.19. The monoisotopic (exact) mass is 374 g/mol. The van der Waals surface area contributed by atoms with Crippen molar-refractivity contribution in [1.82, 2.24) is 4.37 Å². The molecule has 0 bridgehead atoms. The predicted molar refractivity (Wildman–Crippen MR) is 82.4 cm³/mol. The summed E-state index contributed by atoms with van der Waals surface area (Å²) in [4.78, 5) is 0. The molecule has 4 nitrogen and oxygen atoms in total. The molecule has 0 fully saturated rings. The van der Waals surface area contributed by atoms with Gasteiger partial charge < -0.3 is 0 Å². The van der Waals surface area contributed by atoms with E-state index in [1.807, 2.05) is 24.3 Å². The second-order valence-electron chi connectivity index (χ2n) is 3.69. The van der Waals surface area contributed by atoms with Crippen LogP contribution in [0.1, 0.15) is 0 Å². The maximum absolute atomic E-state index is 12.2. The molecule has 1 N–H and O–H groups in total. The number of halogens is 1. The summed E-state index contributed by atoms with van der Waals surface area (Å²) in [6, 6.07) is 10.8. The smallest absolute Gasteiger partial charge is 0.261 e. The zero-order chi connectivity index (χ0) is 13.5. The molecule has 19 heavy (non-hydrogen) atoms. The van der Waals surface area contributed by atoms with Crippen LogP contribution in [0.5, 0.6) is 0 Å². The second-order valence-corrected chi connectivity index (χ2v) is 8.87. The van der Waals surface area contributed by atoms with Gasteiger partial charge in [0.1, 0.15) is 4.21 Å². The number of nitrogens with zero attached hydrogens (tertiary/aromatic N) is 1. The van der Waals surface area contributed by atoms with E-state index in [0.717, 1.165) is 25.2 Å². The highest BCUT2D eigenvalue weighted by atomic mass is 79.9. The molecule has 0 aliphatic carbocycles. The topological polar surface area (TPSA) is 59.1 Å². The van der Waals surface area contributed by atoms with E-state index in [9.17, 15) is 8.42 Å². The minimum Gasteiger partial charge on any atom is -0.261 e. The molecule has 0 saturated heterocycles. The van der Waals surface area contributed by atoms with Gasteiger partial charge >= 0.3 is 0 Å². The van der Waals surface area contributed by atoms with E-state index in [-0.39, 0.29) is 4.21 Å². The van der Waals surface area contributed by atoms with Gasteiger partial charge in [-0.3, -0.25) is 4.72 Å². The number of anilines is 1. The summed E-state index contributed by atoms with van der Waals surface area (Å²) in [6.45, 7) is 0. The zero-order valence-electron chi connectivity index (χ0n) is 9.33. The molecule has 0 aliphatic rings. The lowest BCUT2D eigenvalue weighted by Crippen LogP contribution is -2.11. The van der Waals surface area contributed by atoms with Gasteiger partial charge in [0.05, 0.1) is 8.49 Å². The summed E-state index contributed by atoms with van der Waals surface area (Å²) in [5.41, 5.74) is 0. The first-order chi connectivity index (χ1) is 9.06. The highest BCUT2D eigenvalue weighted by Crippen LogP contribution is 2.31. The largest absolute Gasteiger partial charge is 0.272 e. The number of nitrogens with one attached hydrogen (secondary N) is 1. The summed E-state index contributed by atoms with van der Waals surface area (Å²) in [5, 5.41) is 0.812. The predicted octanol–water partition coefficient (Wildman–Crippen LogP) is 3.92. The molecule has 2 aromatic heterocycles. The number of hydrogen-bond acceptors (Lipinski definition) is 5. The van der Waals surface area contributed by atoms with Gasteiger partial charge in [0.2, 0.25) is 0 Å². The van der Waals surface area contributed by atoms with E-state index in [4.69, 9.17) is 0 Å². The third-order valence-electron chi connectivity index (χ3n) is 2.42. The van der Waals surface area contributed by atoms with Crippen LogP contribution in [0.3, 0.4) is 0 Å². The van der Waals surface area contributed by atoms with Crippen LogP contribution in [0, 0.1) is 0 Å². The molecular formula is C11H7BrN2O2S3. The van der Waals surface area contributed by atoms with Crippen LogP contribution in [0.4, 0.5) is 5.82 Å². The van der Waals surface area contributed by atoms with Crippen LogP contribution in [-0.4, -0.2) is 12.8 Å². The molecule has 8 heteroatoms. The van der Waals surface area contributed by atoms with E-state index in [2.05, 4.69) is 25.0 Å². The number of sulfonamides is 1. The van der Waals surface area contributed by atoms with Crippen molar-refractivity contribution in [3.63, 3.8) is 0 Å². The van der Waals surface area contributed by atoms with E-state index in [1.165, 1.54) is 11.5 Å². The second kappa shape index (κ2) is 4.86. The molecule has 0 aliphatic heterocycles. The van der Waals surface area contributed by atoms with Crippen LogP contribution in [0.2, 0.25) is 0 Å². The van der Waals surface area contributed by atoms with Crippen LogP contribution in [0.25, 0.3) is 10.1 Å². The first kappa shape index (κ1) is 13.0. The Morgan fingerprint density at radius 3 is 2.68 bits per heavy atom. The molecule has 3 aromatic rings. The SMILES string of the molecule is O=S(=O)(Nc1nsc2ccccc12)c1ccc(Br)s1. The normalized spacial score (nSPS) is 11.8. The molecule has 0 amide bonds. The maximum Gasteiger partial charge on any atom is 0.272 e. The fourth-order valence-electron chi connectivity index (χ4n) is 1.58. The molecule has 2 heterocycles. The molecule has 98 valence electrons. The van der Waals surface area contributed by atoms with Crippen molar-refractivity contribution in [2.24, 2.45) is 0 Å². The van der Waals surface area contributed by atoms with Crippen molar-refractivity contribution >= 4 is 64.7 Å². The lowest BCUT2D eigenvalue weighted by Gasteiger charge is -2.03. The van der Waals surface area contributed by atoms with Gasteiger partial charge in [-0.05, 0) is 51.7 Å². The number of aromatic nitrogens is 1. The zero-order valence-corrected chi connectivity index (χ0v) is 13.4. The molecule has 3 rings (SSSR count). The lowest BCUT2D eigenvalue weighted by molar-refractivity contribution is 0.603. The summed E-state index contributed by atoms with van der Waals surface area (Å²) < 4.78 is 33.1. The number of fused-ring (bicyclic) bond motifs is 1.